The van der Waals surface area contributed by atoms with E-state index in [9.17, 15) is 4.79 Å². The van der Waals surface area contributed by atoms with Crippen LogP contribution >= 0.6 is 11.8 Å². The molecule has 1 amide bonds. The number of rotatable bonds is 2. The summed E-state index contributed by atoms with van der Waals surface area (Å²) >= 11 is 1.73. The summed E-state index contributed by atoms with van der Waals surface area (Å²) in [6.45, 7) is 6.95. The van der Waals surface area contributed by atoms with Crippen LogP contribution in [0.5, 0.6) is 0 Å². The van der Waals surface area contributed by atoms with Crippen molar-refractivity contribution in [2.24, 2.45) is 0 Å². The van der Waals surface area contributed by atoms with Gasteiger partial charge in [-0.25, -0.2) is 4.79 Å². The van der Waals surface area contributed by atoms with Gasteiger partial charge in [-0.3, -0.25) is 0 Å². The summed E-state index contributed by atoms with van der Waals surface area (Å²) in [5.74, 6) is 0. The minimum absolute atomic E-state index is 0.113. The van der Waals surface area contributed by atoms with Crippen LogP contribution in [0.4, 0.5) is 4.79 Å². The molecule has 2 atom stereocenters. The van der Waals surface area contributed by atoms with E-state index in [1.807, 2.05) is 27.0 Å². The molecule has 94 valence electrons. The van der Waals surface area contributed by atoms with Crippen molar-refractivity contribution in [2.45, 2.75) is 37.7 Å². The second kappa shape index (κ2) is 5.27. The average molecular weight is 247 g/mol. The molecule has 0 aliphatic carbocycles. The van der Waals surface area contributed by atoms with E-state index in [-0.39, 0.29) is 12.2 Å². The molecule has 1 aliphatic rings. The third-order valence-corrected chi connectivity index (χ3v) is 3.53. The molecule has 0 aromatic carbocycles. The summed E-state index contributed by atoms with van der Waals surface area (Å²) in [6, 6.07) is 0. The van der Waals surface area contributed by atoms with Crippen LogP contribution in [0.1, 0.15) is 20.8 Å². The maximum Gasteiger partial charge on any atom is 0.410 e. The maximum absolute atomic E-state index is 11.8. The summed E-state index contributed by atoms with van der Waals surface area (Å²) in [5, 5.41) is 0.345. The van der Waals surface area contributed by atoms with E-state index in [1.165, 1.54) is 0 Å². The average Bonchev–Trinajstić information content (AvgIpc) is 2.57. The Hall–Kier alpha value is -0.420. The molecule has 0 saturated carbocycles. The van der Waals surface area contributed by atoms with E-state index in [2.05, 4.69) is 0 Å². The van der Waals surface area contributed by atoms with Gasteiger partial charge in [0.2, 0.25) is 0 Å². The third-order valence-electron chi connectivity index (χ3n) is 2.47. The molecule has 1 aliphatic heterocycles. The minimum Gasteiger partial charge on any atom is -0.444 e. The molecular formula is C11H21NO3S. The highest BCUT2D eigenvalue weighted by Crippen LogP contribution is 2.24. The van der Waals surface area contributed by atoms with Crippen LogP contribution < -0.4 is 0 Å². The number of ether oxygens (including phenoxy) is 2. The van der Waals surface area contributed by atoms with Crippen LogP contribution in [-0.2, 0) is 9.47 Å². The van der Waals surface area contributed by atoms with Gasteiger partial charge in [0.1, 0.15) is 5.60 Å². The lowest BCUT2D eigenvalue weighted by molar-refractivity contribution is 0.0253. The number of hydrogen-bond acceptors (Lipinski definition) is 4. The molecule has 1 fully saturated rings. The van der Waals surface area contributed by atoms with Gasteiger partial charge < -0.3 is 14.4 Å². The van der Waals surface area contributed by atoms with Gasteiger partial charge in [0, 0.05) is 13.7 Å². The number of amides is 1. The Morgan fingerprint density at radius 3 is 2.38 bits per heavy atom. The number of hydrogen-bond donors (Lipinski definition) is 0. The zero-order valence-electron chi connectivity index (χ0n) is 10.6. The lowest BCUT2D eigenvalue weighted by Crippen LogP contribution is -2.36. The van der Waals surface area contributed by atoms with Crippen molar-refractivity contribution in [2.75, 3.05) is 26.5 Å². The molecule has 1 heterocycles. The Kier molecular flexibility index (Phi) is 4.50. The van der Waals surface area contributed by atoms with E-state index in [0.29, 0.717) is 18.3 Å². The van der Waals surface area contributed by atoms with Gasteiger partial charge in [-0.05, 0) is 27.0 Å². The molecule has 2 unspecified atom stereocenters. The molecule has 1 rings (SSSR count). The van der Waals surface area contributed by atoms with Crippen molar-refractivity contribution in [3.8, 4) is 0 Å². The molecular weight excluding hydrogens is 226 g/mol. The second-order valence-electron chi connectivity index (χ2n) is 4.93. The fraction of sp³-hybridized carbons (Fsp3) is 0.909. The van der Waals surface area contributed by atoms with Gasteiger partial charge in [0.15, 0.2) is 0 Å². The molecule has 5 heteroatoms. The van der Waals surface area contributed by atoms with Crippen molar-refractivity contribution in [1.29, 1.82) is 0 Å². The zero-order valence-corrected chi connectivity index (χ0v) is 11.5. The summed E-state index contributed by atoms with van der Waals surface area (Å²) in [4.78, 5) is 13.5. The first-order valence-corrected chi connectivity index (χ1v) is 6.69. The number of thioether (sulfide) groups is 1. The largest absolute Gasteiger partial charge is 0.444 e. The first kappa shape index (κ1) is 13.6. The lowest BCUT2D eigenvalue weighted by Gasteiger charge is -2.24. The maximum atomic E-state index is 11.8. The van der Waals surface area contributed by atoms with E-state index < -0.39 is 5.60 Å². The van der Waals surface area contributed by atoms with Crippen LogP contribution in [-0.4, -0.2) is 54.4 Å². The Morgan fingerprint density at radius 1 is 1.38 bits per heavy atom. The van der Waals surface area contributed by atoms with Gasteiger partial charge >= 0.3 is 6.09 Å². The minimum atomic E-state index is -0.433. The number of carbonyl (C=O) groups is 1. The van der Waals surface area contributed by atoms with Gasteiger partial charge in [0.05, 0.1) is 17.9 Å². The van der Waals surface area contributed by atoms with Crippen LogP contribution in [0, 0.1) is 0 Å². The smallest absolute Gasteiger partial charge is 0.410 e. The third kappa shape index (κ3) is 3.56. The predicted octanol–water partition coefficient (Wildman–Crippen LogP) is 1.98. The molecule has 0 bridgehead atoms. The predicted molar refractivity (Wildman–Crippen MR) is 65.9 cm³/mol. The van der Waals surface area contributed by atoms with E-state index >= 15 is 0 Å². The van der Waals surface area contributed by atoms with Gasteiger partial charge in [-0.2, -0.15) is 11.8 Å². The summed E-state index contributed by atoms with van der Waals surface area (Å²) in [5.41, 5.74) is -0.433. The van der Waals surface area contributed by atoms with Gasteiger partial charge in [-0.15, -0.1) is 0 Å². The highest BCUT2D eigenvalue weighted by Gasteiger charge is 2.36. The highest BCUT2D eigenvalue weighted by atomic mass is 32.2. The molecule has 0 spiro atoms. The number of carbonyl (C=O) groups excluding carboxylic acids is 1. The van der Waals surface area contributed by atoms with Crippen LogP contribution in [0.3, 0.4) is 0 Å². The number of likely N-dealkylation sites (tertiary alicyclic amines) is 1. The highest BCUT2D eigenvalue weighted by molar-refractivity contribution is 7.99. The molecule has 0 aromatic rings. The summed E-state index contributed by atoms with van der Waals surface area (Å²) < 4.78 is 10.7. The monoisotopic (exact) mass is 247 g/mol. The van der Waals surface area contributed by atoms with E-state index in [0.717, 1.165) is 0 Å². The Bertz CT molecular complexity index is 240. The quantitative estimate of drug-likeness (QED) is 0.748. The lowest BCUT2D eigenvalue weighted by atomic mass is 10.2. The SMILES string of the molecule is COC1CN(C(=O)OC(C)(C)C)CC1SC. The van der Waals surface area contributed by atoms with E-state index in [1.54, 1.807) is 23.8 Å². The first-order chi connectivity index (χ1) is 7.37. The van der Waals surface area contributed by atoms with Crippen molar-refractivity contribution in [3.05, 3.63) is 0 Å². The first-order valence-electron chi connectivity index (χ1n) is 5.41. The van der Waals surface area contributed by atoms with Crippen molar-refractivity contribution >= 4 is 17.9 Å². The van der Waals surface area contributed by atoms with Crippen molar-refractivity contribution < 1.29 is 14.3 Å². The van der Waals surface area contributed by atoms with Crippen LogP contribution in [0.15, 0.2) is 0 Å². The fourth-order valence-electron chi connectivity index (χ4n) is 1.67. The number of methoxy groups -OCH3 is 1. The molecule has 0 aromatic heterocycles. The van der Waals surface area contributed by atoms with Crippen molar-refractivity contribution in [1.82, 2.24) is 4.90 Å². The van der Waals surface area contributed by atoms with Gasteiger partial charge in [0.25, 0.3) is 0 Å². The van der Waals surface area contributed by atoms with Crippen LogP contribution in [0.25, 0.3) is 0 Å². The molecule has 0 N–H and O–H groups in total. The Labute approximate surface area is 102 Å². The van der Waals surface area contributed by atoms with Crippen molar-refractivity contribution in [3.63, 3.8) is 0 Å². The molecule has 1 saturated heterocycles. The number of nitrogens with zero attached hydrogens (tertiary/aromatic N) is 1. The van der Waals surface area contributed by atoms with Gasteiger partial charge in [-0.1, -0.05) is 0 Å². The summed E-state index contributed by atoms with van der Waals surface area (Å²) in [6.07, 6.45) is 1.91. The zero-order chi connectivity index (χ0) is 12.3. The van der Waals surface area contributed by atoms with Crippen LogP contribution in [0.2, 0.25) is 0 Å². The topological polar surface area (TPSA) is 38.8 Å². The molecule has 16 heavy (non-hydrogen) atoms. The Balaban J connectivity index is 2.54. The fourth-order valence-corrected chi connectivity index (χ4v) is 2.50. The summed E-state index contributed by atoms with van der Waals surface area (Å²) in [7, 11) is 1.69. The second-order valence-corrected chi connectivity index (χ2v) is 6.01. The standard InChI is InChI=1S/C11H21NO3S/c1-11(2,3)15-10(13)12-6-8(14-4)9(7-12)16-5/h8-9H,6-7H2,1-5H3. The Morgan fingerprint density at radius 2 is 2.00 bits per heavy atom. The van der Waals surface area contributed by atoms with E-state index in [4.69, 9.17) is 9.47 Å². The molecule has 4 nitrogen and oxygen atoms in total. The molecule has 0 radical (unpaired) electrons. The normalized spacial score (nSPS) is 25.9.